The van der Waals surface area contributed by atoms with E-state index in [2.05, 4.69) is 64.9 Å². The molecule has 2 aliphatic rings. The Morgan fingerprint density at radius 3 is 2.75 bits per heavy atom. The minimum atomic E-state index is 0.506. The molecule has 1 fully saturated rings. The molecule has 0 spiro atoms. The Bertz CT molecular complexity index is 544. The lowest BCUT2D eigenvalue weighted by Gasteiger charge is -2.24. The highest BCUT2D eigenvalue weighted by Gasteiger charge is 2.24. The first-order chi connectivity index (χ1) is 11.8. The van der Waals surface area contributed by atoms with Gasteiger partial charge in [0.2, 0.25) is 0 Å². The summed E-state index contributed by atoms with van der Waals surface area (Å²) in [6, 6.07) is 11.8. The lowest BCUT2D eigenvalue weighted by atomic mass is 10.2. The minimum absolute atomic E-state index is 0.506. The van der Waals surface area contributed by atoms with E-state index in [1.54, 1.807) is 0 Å². The number of rotatable bonds is 6. The van der Waals surface area contributed by atoms with Gasteiger partial charge in [-0.25, -0.2) is 0 Å². The molecule has 1 aromatic rings. The summed E-state index contributed by atoms with van der Waals surface area (Å²) >= 11 is 0. The van der Waals surface area contributed by atoms with Gasteiger partial charge in [0, 0.05) is 25.2 Å². The van der Waals surface area contributed by atoms with E-state index in [9.17, 15) is 0 Å². The molecule has 0 amide bonds. The van der Waals surface area contributed by atoms with Crippen molar-refractivity contribution in [2.45, 2.75) is 51.2 Å². The van der Waals surface area contributed by atoms with Crippen molar-refractivity contribution in [3.05, 3.63) is 48.0 Å². The smallest absolute Gasteiger partial charge is 0.191 e. The van der Waals surface area contributed by atoms with E-state index < -0.39 is 0 Å². The van der Waals surface area contributed by atoms with Gasteiger partial charge in [-0.15, -0.1) is 0 Å². The van der Waals surface area contributed by atoms with Crippen LogP contribution < -0.4 is 10.6 Å². The van der Waals surface area contributed by atoms with Gasteiger partial charge in [-0.3, -0.25) is 9.89 Å². The second kappa shape index (κ2) is 8.88. The van der Waals surface area contributed by atoms with Crippen LogP contribution in [0.4, 0.5) is 0 Å². The lowest BCUT2D eigenvalue weighted by Crippen LogP contribution is -2.43. The van der Waals surface area contributed by atoms with Crippen molar-refractivity contribution in [3.8, 4) is 0 Å². The molecular formula is C20H30N4. The third-order valence-corrected chi connectivity index (χ3v) is 4.88. The van der Waals surface area contributed by atoms with Crippen LogP contribution in [0.1, 0.15) is 38.2 Å². The molecule has 1 atom stereocenters. The molecule has 4 nitrogen and oxygen atoms in total. The standard InChI is InChI=1S/C20H30N4/c1-2-21-20(23-18-11-6-7-12-18)22-15-19-13-8-14-24(19)16-17-9-4-3-5-10-17/h3-7,9-10,18-19H,2,8,11-16H2,1H3,(H2,21,22,23). The topological polar surface area (TPSA) is 39.7 Å². The summed E-state index contributed by atoms with van der Waals surface area (Å²) in [4.78, 5) is 7.46. The highest BCUT2D eigenvalue weighted by Crippen LogP contribution is 2.20. The zero-order chi connectivity index (χ0) is 16.6. The Morgan fingerprint density at radius 2 is 2.00 bits per heavy atom. The van der Waals surface area contributed by atoms with Crippen LogP contribution in [0.3, 0.4) is 0 Å². The van der Waals surface area contributed by atoms with E-state index in [-0.39, 0.29) is 0 Å². The summed E-state index contributed by atoms with van der Waals surface area (Å²) in [5.74, 6) is 0.970. The van der Waals surface area contributed by atoms with Crippen LogP contribution in [0.5, 0.6) is 0 Å². The molecule has 0 bridgehead atoms. The monoisotopic (exact) mass is 326 g/mol. The summed E-state index contributed by atoms with van der Waals surface area (Å²) in [7, 11) is 0. The third-order valence-electron chi connectivity index (χ3n) is 4.88. The number of benzene rings is 1. The number of nitrogens with zero attached hydrogens (tertiary/aromatic N) is 2. The molecule has 1 saturated heterocycles. The molecule has 3 rings (SSSR count). The van der Waals surface area contributed by atoms with Crippen molar-refractivity contribution < 1.29 is 0 Å². The maximum absolute atomic E-state index is 4.88. The van der Waals surface area contributed by atoms with E-state index in [0.717, 1.165) is 38.4 Å². The second-order valence-corrected chi connectivity index (χ2v) is 6.76. The molecule has 1 unspecified atom stereocenters. The minimum Gasteiger partial charge on any atom is -0.357 e. The van der Waals surface area contributed by atoms with Crippen LogP contribution in [0.15, 0.2) is 47.5 Å². The Balaban J connectivity index is 1.55. The molecule has 1 aliphatic heterocycles. The van der Waals surface area contributed by atoms with Crippen molar-refractivity contribution in [2.24, 2.45) is 4.99 Å². The summed E-state index contributed by atoms with van der Waals surface area (Å²) in [5, 5.41) is 6.95. The molecule has 0 radical (unpaired) electrons. The molecule has 130 valence electrons. The Hall–Kier alpha value is -1.81. The maximum atomic E-state index is 4.88. The maximum Gasteiger partial charge on any atom is 0.191 e. The van der Waals surface area contributed by atoms with Gasteiger partial charge in [-0.2, -0.15) is 0 Å². The zero-order valence-electron chi connectivity index (χ0n) is 14.7. The van der Waals surface area contributed by atoms with Crippen LogP contribution in [0.25, 0.3) is 0 Å². The van der Waals surface area contributed by atoms with Gasteiger partial charge in [0.15, 0.2) is 5.96 Å². The first-order valence-electron chi connectivity index (χ1n) is 9.33. The molecule has 1 aromatic carbocycles. The third kappa shape index (κ3) is 4.84. The Kier molecular flexibility index (Phi) is 6.30. The Labute approximate surface area is 146 Å². The molecule has 24 heavy (non-hydrogen) atoms. The summed E-state index contributed by atoms with van der Waals surface area (Å²) < 4.78 is 0. The fourth-order valence-electron chi connectivity index (χ4n) is 3.57. The van der Waals surface area contributed by atoms with E-state index in [1.807, 2.05) is 0 Å². The molecule has 2 N–H and O–H groups in total. The van der Waals surface area contributed by atoms with Crippen LogP contribution in [-0.4, -0.2) is 42.6 Å². The fraction of sp³-hybridized carbons (Fsp3) is 0.550. The first kappa shape index (κ1) is 17.0. The van der Waals surface area contributed by atoms with Crippen LogP contribution in [0, 0.1) is 0 Å². The molecule has 0 saturated carbocycles. The van der Waals surface area contributed by atoms with Gasteiger partial charge >= 0.3 is 0 Å². The average Bonchev–Trinajstić information content (AvgIpc) is 3.26. The highest BCUT2D eigenvalue weighted by atomic mass is 15.2. The second-order valence-electron chi connectivity index (χ2n) is 6.76. The normalized spacial score (nSPS) is 22.2. The zero-order valence-corrected chi connectivity index (χ0v) is 14.7. The number of likely N-dealkylation sites (tertiary alicyclic amines) is 1. The molecule has 1 aliphatic carbocycles. The van der Waals surface area contributed by atoms with Gasteiger partial charge in [0.05, 0.1) is 6.54 Å². The lowest BCUT2D eigenvalue weighted by molar-refractivity contribution is 0.250. The molecular weight excluding hydrogens is 296 g/mol. The van der Waals surface area contributed by atoms with Gasteiger partial charge in [0.25, 0.3) is 0 Å². The van der Waals surface area contributed by atoms with Gasteiger partial charge < -0.3 is 10.6 Å². The van der Waals surface area contributed by atoms with Crippen molar-refractivity contribution in [1.82, 2.24) is 15.5 Å². The number of nitrogens with one attached hydrogen (secondary N) is 2. The van der Waals surface area contributed by atoms with Crippen LogP contribution in [0.2, 0.25) is 0 Å². The number of hydrogen-bond acceptors (Lipinski definition) is 2. The van der Waals surface area contributed by atoms with E-state index in [0.29, 0.717) is 12.1 Å². The van der Waals surface area contributed by atoms with Gasteiger partial charge in [0.1, 0.15) is 0 Å². The number of guanidine groups is 1. The van der Waals surface area contributed by atoms with E-state index in [1.165, 1.54) is 24.9 Å². The Morgan fingerprint density at radius 1 is 1.21 bits per heavy atom. The van der Waals surface area contributed by atoms with Crippen molar-refractivity contribution >= 4 is 5.96 Å². The highest BCUT2D eigenvalue weighted by molar-refractivity contribution is 5.80. The first-order valence-corrected chi connectivity index (χ1v) is 9.33. The van der Waals surface area contributed by atoms with Crippen LogP contribution >= 0.6 is 0 Å². The largest absolute Gasteiger partial charge is 0.357 e. The molecule has 4 heteroatoms. The van der Waals surface area contributed by atoms with Crippen molar-refractivity contribution in [1.29, 1.82) is 0 Å². The predicted molar refractivity (Wildman–Crippen MR) is 101 cm³/mol. The van der Waals surface area contributed by atoms with Crippen LogP contribution in [-0.2, 0) is 6.54 Å². The average molecular weight is 326 g/mol. The van der Waals surface area contributed by atoms with E-state index >= 15 is 0 Å². The number of hydrogen-bond donors (Lipinski definition) is 2. The molecule has 0 aromatic heterocycles. The van der Waals surface area contributed by atoms with Gasteiger partial charge in [-0.05, 0) is 44.7 Å². The molecule has 1 heterocycles. The fourth-order valence-corrected chi connectivity index (χ4v) is 3.57. The predicted octanol–water partition coefficient (Wildman–Crippen LogP) is 2.92. The van der Waals surface area contributed by atoms with Gasteiger partial charge in [-0.1, -0.05) is 42.5 Å². The summed E-state index contributed by atoms with van der Waals surface area (Å²) in [6.07, 6.45) is 9.24. The number of aliphatic imine (C=N–C) groups is 1. The quantitative estimate of drug-likeness (QED) is 0.480. The van der Waals surface area contributed by atoms with Crippen molar-refractivity contribution in [2.75, 3.05) is 19.6 Å². The summed E-state index contributed by atoms with van der Waals surface area (Å²) in [5.41, 5.74) is 1.40. The summed E-state index contributed by atoms with van der Waals surface area (Å²) in [6.45, 7) is 6.14. The van der Waals surface area contributed by atoms with Crippen molar-refractivity contribution in [3.63, 3.8) is 0 Å². The SMILES string of the molecule is CCNC(=NCC1CCCN1Cc1ccccc1)NC1CC=CC1. The van der Waals surface area contributed by atoms with E-state index in [4.69, 9.17) is 4.99 Å².